The van der Waals surface area contributed by atoms with E-state index in [0.717, 1.165) is 23.7 Å². The lowest BCUT2D eigenvalue weighted by molar-refractivity contribution is 0.0664. The number of aromatic amines is 1. The molecule has 4 aromatic heterocycles. The van der Waals surface area contributed by atoms with Gasteiger partial charge in [0.2, 0.25) is 0 Å². The number of benzene rings is 2. The van der Waals surface area contributed by atoms with Crippen molar-refractivity contribution < 1.29 is 23.0 Å². The van der Waals surface area contributed by atoms with Crippen molar-refractivity contribution in [2.45, 2.75) is 103 Å². The monoisotopic (exact) mass is 931 g/mol. The molecule has 1 saturated carbocycles. The average Bonchev–Trinajstić information content (AvgIpc) is 3.58. The molecule has 1 amide bonds. The largest absolute Gasteiger partial charge is 0.438 e. The Kier molecular flexibility index (Phi) is 11.5. The van der Waals surface area contributed by atoms with E-state index >= 15 is 9.18 Å². The molecule has 6 aromatic rings. The maximum absolute atomic E-state index is 15.5. The number of hydrogen-bond acceptors (Lipinski definition) is 9. The van der Waals surface area contributed by atoms with Gasteiger partial charge in [-0.05, 0) is 125 Å². The Bertz CT molecular complexity index is 3190. The van der Waals surface area contributed by atoms with Crippen LogP contribution in [0.2, 0.25) is 0 Å². The Labute approximate surface area is 388 Å². The molecule has 2 N–H and O–H groups in total. The molecule has 1 saturated heterocycles. The van der Waals surface area contributed by atoms with Gasteiger partial charge in [0, 0.05) is 78.3 Å². The number of H-pyrrole nitrogens is 1. The van der Waals surface area contributed by atoms with E-state index in [4.69, 9.17) is 14.4 Å². The van der Waals surface area contributed by atoms with E-state index in [1.165, 1.54) is 14.7 Å². The predicted octanol–water partition coefficient (Wildman–Crippen LogP) is 8.67. The zero-order chi connectivity index (χ0) is 47.9. The molecular formula is C50H59FN9O6P. The fraction of sp³-hybridized carbons (Fsp3) is 0.420. The minimum absolute atomic E-state index is 0.238. The first-order valence-electron chi connectivity index (χ1n) is 22.9. The van der Waals surface area contributed by atoms with E-state index in [1.54, 1.807) is 68.9 Å². The number of allylic oxidation sites excluding steroid dienone is 4. The number of carbonyl (C=O) groups excluding carboxylic acids is 1. The SMILES string of the molecule is C=C/C(=C\C(NC)=C(/C)P(C)(=O)C(C)(C)C)n1ccn(-c2c3c(nn2-c2cc(C)c(F)c(C)c2)CCN(C(=O)c2cc4cc(C5CCOCC5)ccc4n2C2(c4noc(=O)[nH]4)CC2)C3C)c1=O. The van der Waals surface area contributed by atoms with Crippen LogP contribution in [0.1, 0.15) is 117 Å². The van der Waals surface area contributed by atoms with Crippen LogP contribution in [0.15, 0.2) is 92.6 Å². The van der Waals surface area contributed by atoms with Gasteiger partial charge >= 0.3 is 11.4 Å². The number of nitrogens with one attached hydrogen (secondary N) is 2. The van der Waals surface area contributed by atoms with Gasteiger partial charge in [-0.25, -0.2) is 18.7 Å². The van der Waals surface area contributed by atoms with Crippen LogP contribution >= 0.6 is 7.14 Å². The minimum Gasteiger partial charge on any atom is -0.388 e. The number of halogens is 1. The van der Waals surface area contributed by atoms with E-state index in [2.05, 4.69) is 40.2 Å². The molecule has 15 nitrogen and oxygen atoms in total. The fourth-order valence-corrected chi connectivity index (χ4v) is 11.6. The van der Waals surface area contributed by atoms with Gasteiger partial charge < -0.3 is 24.1 Å². The van der Waals surface area contributed by atoms with Crippen molar-refractivity contribution in [2.24, 2.45) is 0 Å². The summed E-state index contributed by atoms with van der Waals surface area (Å²) in [6.45, 7) is 20.6. The second kappa shape index (κ2) is 16.8. The van der Waals surface area contributed by atoms with Crippen molar-refractivity contribution >= 4 is 29.6 Å². The summed E-state index contributed by atoms with van der Waals surface area (Å²) in [6, 6.07) is 11.1. The molecular weight excluding hydrogens is 873 g/mol. The lowest BCUT2D eigenvalue weighted by Gasteiger charge is -2.34. The Morgan fingerprint density at radius 3 is 2.39 bits per heavy atom. The number of hydrogen-bond donors (Lipinski definition) is 2. The van der Waals surface area contributed by atoms with Gasteiger partial charge in [0.05, 0.1) is 23.1 Å². The molecule has 352 valence electrons. The van der Waals surface area contributed by atoms with Crippen molar-refractivity contribution in [3.63, 3.8) is 0 Å². The number of amides is 1. The van der Waals surface area contributed by atoms with Gasteiger partial charge in [-0.3, -0.25) is 23.4 Å². The average molecular weight is 932 g/mol. The molecule has 9 rings (SSSR count). The summed E-state index contributed by atoms with van der Waals surface area (Å²) in [5, 5.41) is 13.5. The van der Waals surface area contributed by atoms with Crippen LogP contribution in [0, 0.1) is 19.7 Å². The lowest BCUT2D eigenvalue weighted by Crippen LogP contribution is -2.41. The third-order valence-electron chi connectivity index (χ3n) is 14.5. The Balaban J connectivity index is 1.19. The summed E-state index contributed by atoms with van der Waals surface area (Å²) in [6.07, 6.45) is 10.1. The standard InChI is InChI=1S/C50H59FN9O6P/c1-11-36(28-39(52-9)32(5)67(10,64)49(6,7)8)57-20-21-58(48(57)63)44-42-31(4)56(19-14-38(42)54-60(44)37-24-29(2)43(51)30(3)25-37)45(61)41-27-35-26-34(33-15-22-65-23-16-33)12-13-40(35)59(41)50(17-18-50)46-53-47(62)66-55-46/h11-13,20-21,24-28,31,33,52H,1,14-19,22-23H2,2-10H3,(H,53,55,62)/b36-28+,39-32-. The molecule has 2 unspecified atom stereocenters. The number of aromatic nitrogens is 7. The summed E-state index contributed by atoms with van der Waals surface area (Å²) in [4.78, 5) is 47.3. The molecule has 6 heterocycles. The molecule has 2 aromatic carbocycles. The predicted molar refractivity (Wildman–Crippen MR) is 257 cm³/mol. The van der Waals surface area contributed by atoms with Gasteiger partial charge in [-0.2, -0.15) is 5.10 Å². The first-order chi connectivity index (χ1) is 31.8. The van der Waals surface area contributed by atoms with E-state index < -0.39 is 35.3 Å². The molecule has 2 fully saturated rings. The normalized spacial score (nSPS) is 19.0. The van der Waals surface area contributed by atoms with Crippen molar-refractivity contribution in [3.8, 4) is 11.5 Å². The van der Waals surface area contributed by atoms with E-state index in [-0.39, 0.29) is 11.7 Å². The van der Waals surface area contributed by atoms with Crippen LogP contribution in [0.4, 0.5) is 4.39 Å². The summed E-state index contributed by atoms with van der Waals surface area (Å²) >= 11 is 0. The molecule has 0 radical (unpaired) electrons. The highest BCUT2D eigenvalue weighted by Gasteiger charge is 2.52. The van der Waals surface area contributed by atoms with Gasteiger partial charge in [-0.15, -0.1) is 0 Å². The van der Waals surface area contributed by atoms with Gasteiger partial charge in [0.15, 0.2) is 5.82 Å². The zero-order valence-corrected chi connectivity index (χ0v) is 40.6. The van der Waals surface area contributed by atoms with Crippen molar-refractivity contribution in [1.29, 1.82) is 0 Å². The molecule has 2 atom stereocenters. The van der Waals surface area contributed by atoms with Crippen LogP contribution in [-0.4, -0.2) is 83.1 Å². The number of rotatable bonds is 11. The van der Waals surface area contributed by atoms with Crippen LogP contribution < -0.4 is 16.8 Å². The Hall–Kier alpha value is -6.25. The topological polar surface area (TPSA) is 167 Å². The molecule has 1 aliphatic carbocycles. The summed E-state index contributed by atoms with van der Waals surface area (Å²) < 4.78 is 46.6. The first kappa shape index (κ1) is 45.9. The van der Waals surface area contributed by atoms with Gasteiger partial charge in [0.1, 0.15) is 30.0 Å². The number of fused-ring (bicyclic) bond motifs is 2. The summed E-state index contributed by atoms with van der Waals surface area (Å²) in [5.74, 6) is -0.134. The maximum Gasteiger partial charge on any atom is 0.438 e. The fourth-order valence-electron chi connectivity index (χ4n) is 9.99. The molecule has 67 heavy (non-hydrogen) atoms. The number of imidazole rings is 1. The highest BCUT2D eigenvalue weighted by Crippen LogP contribution is 2.61. The van der Waals surface area contributed by atoms with Crippen LogP contribution in [-0.2, 0) is 21.3 Å². The van der Waals surface area contributed by atoms with Crippen molar-refractivity contribution in [1.82, 2.24) is 43.8 Å². The number of nitrogens with zero attached hydrogens (tertiary/aromatic N) is 7. The van der Waals surface area contributed by atoms with Crippen LogP contribution in [0.3, 0.4) is 0 Å². The third kappa shape index (κ3) is 7.62. The molecule has 17 heteroatoms. The zero-order valence-electron chi connectivity index (χ0n) is 39.7. The number of ether oxygens (including phenoxy) is 1. The second-order valence-electron chi connectivity index (χ2n) is 19.4. The van der Waals surface area contributed by atoms with E-state index in [1.807, 2.05) is 50.2 Å². The lowest BCUT2D eigenvalue weighted by atomic mass is 9.91. The molecule has 0 spiro atoms. The summed E-state index contributed by atoms with van der Waals surface area (Å²) in [7, 11) is -1.09. The molecule has 3 aliphatic rings. The number of aryl methyl sites for hydroxylation is 2. The number of likely N-dealkylation sites (N-methyl/N-ethyl adjacent to an activating group) is 1. The van der Waals surface area contributed by atoms with E-state index in [9.17, 15) is 14.2 Å². The van der Waals surface area contributed by atoms with Gasteiger partial charge in [-0.1, -0.05) is 38.6 Å². The minimum atomic E-state index is -2.85. The Morgan fingerprint density at radius 2 is 1.78 bits per heavy atom. The molecule has 0 bridgehead atoms. The number of carbonyl (C=O) groups is 1. The van der Waals surface area contributed by atoms with Crippen LogP contribution in [0.5, 0.6) is 0 Å². The maximum atomic E-state index is 15.5. The van der Waals surface area contributed by atoms with Crippen LogP contribution in [0.25, 0.3) is 28.1 Å². The van der Waals surface area contributed by atoms with Crippen molar-refractivity contribution in [3.05, 3.63) is 145 Å². The van der Waals surface area contributed by atoms with Crippen molar-refractivity contribution in [2.75, 3.05) is 33.5 Å². The smallest absolute Gasteiger partial charge is 0.388 e. The van der Waals surface area contributed by atoms with E-state index in [0.29, 0.717) is 107 Å². The molecule has 2 aliphatic heterocycles. The first-order valence-corrected chi connectivity index (χ1v) is 25.1. The summed E-state index contributed by atoms with van der Waals surface area (Å²) in [5.41, 5.74) is 5.02. The quantitative estimate of drug-likeness (QED) is 0.0955. The Morgan fingerprint density at radius 1 is 1.07 bits per heavy atom. The second-order valence-corrected chi connectivity index (χ2v) is 23.3. The third-order valence-corrected chi connectivity index (χ3v) is 18.6. The highest BCUT2D eigenvalue weighted by molar-refractivity contribution is 7.68. The van der Waals surface area contributed by atoms with Gasteiger partial charge in [0.25, 0.3) is 5.91 Å². The highest BCUT2D eigenvalue weighted by atomic mass is 31.2.